The monoisotopic (exact) mass is 273 g/mol. The number of hydrogen-bond acceptors (Lipinski definition) is 3. The second-order valence-corrected chi connectivity index (χ2v) is 6.63. The highest BCUT2D eigenvalue weighted by molar-refractivity contribution is 5.58. The number of aryl methyl sites for hydroxylation is 1. The summed E-state index contributed by atoms with van der Waals surface area (Å²) in [6.45, 7) is 8.77. The van der Waals surface area contributed by atoms with Gasteiger partial charge >= 0.3 is 0 Å². The summed E-state index contributed by atoms with van der Waals surface area (Å²) < 4.78 is 0. The summed E-state index contributed by atoms with van der Waals surface area (Å²) in [6, 6.07) is 9.50. The number of fused-ring (bicyclic) bond motifs is 1. The van der Waals surface area contributed by atoms with E-state index in [1.807, 2.05) is 0 Å². The minimum absolute atomic E-state index is 0.140. The van der Waals surface area contributed by atoms with Crippen molar-refractivity contribution in [3.8, 4) is 0 Å². The summed E-state index contributed by atoms with van der Waals surface area (Å²) in [4.78, 5) is 5.19. The van der Waals surface area contributed by atoms with Gasteiger partial charge in [0.2, 0.25) is 0 Å². The van der Waals surface area contributed by atoms with Crippen LogP contribution in [0.2, 0.25) is 0 Å². The zero-order valence-electron chi connectivity index (χ0n) is 12.8. The number of benzene rings is 1. The van der Waals surface area contributed by atoms with Crippen LogP contribution in [0.15, 0.2) is 24.3 Å². The van der Waals surface area contributed by atoms with Gasteiger partial charge in [0.15, 0.2) is 0 Å². The third kappa shape index (κ3) is 2.23. The number of hydrogen-bond donors (Lipinski definition) is 1. The van der Waals surface area contributed by atoms with Crippen molar-refractivity contribution in [2.75, 3.05) is 31.1 Å². The summed E-state index contributed by atoms with van der Waals surface area (Å²) in [6.07, 6.45) is 3.65. The Hall–Kier alpha value is -1.06. The lowest BCUT2D eigenvalue weighted by molar-refractivity contribution is 0.252. The molecule has 3 rings (SSSR count). The van der Waals surface area contributed by atoms with Gasteiger partial charge in [0, 0.05) is 37.9 Å². The largest absolute Gasteiger partial charge is 0.363 e. The lowest BCUT2D eigenvalue weighted by Crippen LogP contribution is -2.57. The van der Waals surface area contributed by atoms with Crippen LogP contribution in [-0.2, 0) is 6.42 Å². The Kier molecular flexibility index (Phi) is 3.74. The molecule has 20 heavy (non-hydrogen) atoms. The van der Waals surface area contributed by atoms with E-state index in [0.717, 1.165) is 19.6 Å². The molecule has 1 aromatic carbocycles. The predicted molar refractivity (Wildman–Crippen MR) is 85.2 cm³/mol. The molecule has 0 amide bonds. The second-order valence-electron chi connectivity index (χ2n) is 6.63. The Labute approximate surface area is 122 Å². The fraction of sp³-hybridized carbons (Fsp3) is 0.647. The number of likely N-dealkylation sites (tertiary alicyclic amines) is 1. The average Bonchev–Trinajstić information content (AvgIpc) is 2.92. The number of anilines is 1. The van der Waals surface area contributed by atoms with Crippen molar-refractivity contribution in [2.45, 2.75) is 44.7 Å². The van der Waals surface area contributed by atoms with E-state index in [1.54, 1.807) is 0 Å². The fourth-order valence-corrected chi connectivity index (χ4v) is 3.85. The maximum atomic E-state index is 6.25. The molecular weight excluding hydrogens is 246 g/mol. The van der Waals surface area contributed by atoms with E-state index in [2.05, 4.69) is 47.9 Å². The average molecular weight is 273 g/mol. The Morgan fingerprint density at radius 3 is 2.75 bits per heavy atom. The summed E-state index contributed by atoms with van der Waals surface area (Å²) in [7, 11) is 0. The molecule has 0 aromatic heterocycles. The van der Waals surface area contributed by atoms with E-state index in [9.17, 15) is 0 Å². The van der Waals surface area contributed by atoms with Gasteiger partial charge in [-0.3, -0.25) is 4.90 Å². The van der Waals surface area contributed by atoms with Crippen LogP contribution in [0.1, 0.15) is 32.3 Å². The number of nitrogens with two attached hydrogens (primary N) is 1. The van der Waals surface area contributed by atoms with Crippen LogP contribution in [0, 0.1) is 0 Å². The molecule has 0 aliphatic carbocycles. The molecular formula is C17H27N3. The molecule has 0 bridgehead atoms. The first kappa shape index (κ1) is 13.9. The minimum Gasteiger partial charge on any atom is -0.363 e. The second kappa shape index (κ2) is 5.38. The molecule has 1 saturated heterocycles. The lowest BCUT2D eigenvalue weighted by Gasteiger charge is -2.45. The first-order chi connectivity index (χ1) is 9.66. The van der Waals surface area contributed by atoms with Gasteiger partial charge in [0.1, 0.15) is 0 Å². The third-order valence-corrected chi connectivity index (χ3v) is 5.15. The van der Waals surface area contributed by atoms with Crippen LogP contribution in [0.5, 0.6) is 0 Å². The maximum Gasteiger partial charge on any atom is 0.0662 e. The van der Waals surface area contributed by atoms with Crippen LogP contribution >= 0.6 is 0 Å². The number of nitrogens with zero attached hydrogens (tertiary/aromatic N) is 2. The molecule has 1 unspecified atom stereocenters. The van der Waals surface area contributed by atoms with Gasteiger partial charge in [0.05, 0.1) is 5.54 Å². The van der Waals surface area contributed by atoms with Gasteiger partial charge in [0.25, 0.3) is 0 Å². The van der Waals surface area contributed by atoms with E-state index >= 15 is 0 Å². The van der Waals surface area contributed by atoms with Crippen LogP contribution in [-0.4, -0.2) is 42.7 Å². The van der Waals surface area contributed by atoms with E-state index in [-0.39, 0.29) is 5.54 Å². The Morgan fingerprint density at radius 1 is 1.25 bits per heavy atom. The standard InChI is InChI=1S/C17H27N3/c1-14(2)19-11-9-17(12-18,13-19)20-10-5-7-15-6-3-4-8-16(15)20/h3-4,6,8,14H,5,7,9-13,18H2,1-2H3. The Morgan fingerprint density at radius 2 is 2.05 bits per heavy atom. The Bertz CT molecular complexity index is 471. The minimum atomic E-state index is 0.140. The van der Waals surface area contributed by atoms with Crippen LogP contribution in [0.3, 0.4) is 0 Å². The fourth-order valence-electron chi connectivity index (χ4n) is 3.85. The van der Waals surface area contributed by atoms with Crippen molar-refractivity contribution in [3.63, 3.8) is 0 Å². The molecule has 0 spiro atoms. The van der Waals surface area contributed by atoms with Crippen LogP contribution in [0.4, 0.5) is 5.69 Å². The van der Waals surface area contributed by atoms with E-state index in [0.29, 0.717) is 6.04 Å². The lowest BCUT2D eigenvalue weighted by atomic mass is 9.90. The van der Waals surface area contributed by atoms with Gasteiger partial charge in [-0.05, 0) is 44.7 Å². The molecule has 0 radical (unpaired) electrons. The quantitative estimate of drug-likeness (QED) is 0.917. The van der Waals surface area contributed by atoms with Gasteiger partial charge in [-0.25, -0.2) is 0 Å². The smallest absolute Gasteiger partial charge is 0.0662 e. The number of rotatable bonds is 3. The SMILES string of the molecule is CC(C)N1CCC(CN)(N2CCCc3ccccc32)C1. The molecule has 110 valence electrons. The molecule has 1 atom stereocenters. The number of para-hydroxylation sites is 1. The van der Waals surface area contributed by atoms with Gasteiger partial charge in [-0.1, -0.05) is 18.2 Å². The zero-order chi connectivity index (χ0) is 14.2. The summed E-state index contributed by atoms with van der Waals surface area (Å²) >= 11 is 0. The molecule has 2 aliphatic rings. The zero-order valence-corrected chi connectivity index (χ0v) is 12.8. The van der Waals surface area contributed by atoms with Crippen molar-refractivity contribution in [1.82, 2.24) is 4.90 Å². The van der Waals surface area contributed by atoms with Crippen molar-refractivity contribution >= 4 is 5.69 Å². The molecule has 2 aliphatic heterocycles. The van der Waals surface area contributed by atoms with Crippen molar-refractivity contribution in [3.05, 3.63) is 29.8 Å². The molecule has 3 heteroatoms. The first-order valence-corrected chi connectivity index (χ1v) is 7.96. The summed E-state index contributed by atoms with van der Waals surface area (Å²) in [5, 5.41) is 0. The molecule has 1 fully saturated rings. The molecule has 2 heterocycles. The van der Waals surface area contributed by atoms with Crippen LogP contribution in [0.25, 0.3) is 0 Å². The summed E-state index contributed by atoms with van der Waals surface area (Å²) in [5.41, 5.74) is 9.31. The summed E-state index contributed by atoms with van der Waals surface area (Å²) in [5.74, 6) is 0. The molecule has 2 N–H and O–H groups in total. The van der Waals surface area contributed by atoms with Crippen molar-refractivity contribution in [2.24, 2.45) is 5.73 Å². The van der Waals surface area contributed by atoms with E-state index in [1.165, 1.54) is 37.1 Å². The molecule has 0 saturated carbocycles. The highest BCUT2D eigenvalue weighted by atomic mass is 15.3. The maximum absolute atomic E-state index is 6.25. The topological polar surface area (TPSA) is 32.5 Å². The third-order valence-electron chi connectivity index (χ3n) is 5.15. The highest BCUT2D eigenvalue weighted by Gasteiger charge is 2.43. The van der Waals surface area contributed by atoms with E-state index in [4.69, 9.17) is 5.73 Å². The predicted octanol–water partition coefficient (Wildman–Crippen LogP) is 2.25. The molecule has 3 nitrogen and oxygen atoms in total. The molecule has 1 aromatic rings. The van der Waals surface area contributed by atoms with Gasteiger partial charge in [-0.15, -0.1) is 0 Å². The Balaban J connectivity index is 1.92. The first-order valence-electron chi connectivity index (χ1n) is 7.96. The van der Waals surface area contributed by atoms with Crippen LogP contribution < -0.4 is 10.6 Å². The van der Waals surface area contributed by atoms with Gasteiger partial charge < -0.3 is 10.6 Å². The van der Waals surface area contributed by atoms with Crippen molar-refractivity contribution in [1.29, 1.82) is 0 Å². The van der Waals surface area contributed by atoms with Crippen molar-refractivity contribution < 1.29 is 0 Å². The highest BCUT2D eigenvalue weighted by Crippen LogP contribution is 2.37. The van der Waals surface area contributed by atoms with E-state index < -0.39 is 0 Å². The normalized spacial score (nSPS) is 27.1. The van der Waals surface area contributed by atoms with Gasteiger partial charge in [-0.2, -0.15) is 0 Å².